The number of nitrogens with one attached hydrogen (secondary N) is 1. The molecule has 0 spiro atoms. The lowest BCUT2D eigenvalue weighted by atomic mass is 9.97. The minimum absolute atomic E-state index is 0.00876. The molecule has 1 atom stereocenters. The molecule has 0 bridgehead atoms. The van der Waals surface area contributed by atoms with Gasteiger partial charge in [0.05, 0.1) is 23.2 Å². The number of hydrogen-bond acceptors (Lipinski definition) is 6. The average molecular weight is 434 g/mol. The first-order valence-electron chi connectivity index (χ1n) is 10.9. The Balaban J connectivity index is 1.60. The maximum atomic E-state index is 13.5. The first-order valence-corrected chi connectivity index (χ1v) is 10.9. The highest BCUT2D eigenvalue weighted by atomic mass is 16.4. The molecule has 5 rings (SSSR count). The second kappa shape index (κ2) is 7.29. The molecular weight excluding hydrogens is 406 g/mol. The van der Waals surface area contributed by atoms with E-state index in [0.29, 0.717) is 24.8 Å². The van der Waals surface area contributed by atoms with Gasteiger partial charge in [-0.05, 0) is 23.6 Å². The molecule has 4 aromatic heterocycles. The molecule has 0 aliphatic carbocycles. The SMILES string of the molecule is CC(C)c1cccn2nc([C@H]3c4nc[nH]c4CCN3C(=O)c3nnc(C(C)(C)C)o3)cc12. The van der Waals surface area contributed by atoms with Crippen LogP contribution in [-0.2, 0) is 11.8 Å². The van der Waals surface area contributed by atoms with Crippen LogP contribution in [-0.4, -0.2) is 47.1 Å². The molecule has 9 heteroatoms. The van der Waals surface area contributed by atoms with E-state index < -0.39 is 6.04 Å². The quantitative estimate of drug-likeness (QED) is 0.529. The van der Waals surface area contributed by atoms with Gasteiger partial charge in [-0.15, -0.1) is 10.2 Å². The van der Waals surface area contributed by atoms with Crippen molar-refractivity contribution in [3.63, 3.8) is 0 Å². The summed E-state index contributed by atoms with van der Waals surface area (Å²) in [7, 11) is 0. The van der Waals surface area contributed by atoms with Gasteiger partial charge in [0.25, 0.3) is 0 Å². The van der Waals surface area contributed by atoms with Crippen LogP contribution >= 0.6 is 0 Å². The van der Waals surface area contributed by atoms with Gasteiger partial charge in [-0.1, -0.05) is 40.7 Å². The third-order valence-corrected chi connectivity index (χ3v) is 5.89. The Labute approximate surface area is 185 Å². The van der Waals surface area contributed by atoms with Crippen molar-refractivity contribution >= 4 is 11.4 Å². The van der Waals surface area contributed by atoms with Gasteiger partial charge in [-0.3, -0.25) is 4.79 Å². The lowest BCUT2D eigenvalue weighted by molar-refractivity contribution is 0.0642. The van der Waals surface area contributed by atoms with Crippen LogP contribution in [0.15, 0.2) is 35.1 Å². The third-order valence-electron chi connectivity index (χ3n) is 5.89. The normalized spacial score (nSPS) is 16.7. The Kier molecular flexibility index (Phi) is 4.65. The molecule has 1 N–H and O–H groups in total. The van der Waals surface area contributed by atoms with Gasteiger partial charge in [0, 0.05) is 30.3 Å². The summed E-state index contributed by atoms with van der Waals surface area (Å²) in [5, 5.41) is 13.0. The number of aromatic nitrogens is 6. The van der Waals surface area contributed by atoms with E-state index in [2.05, 4.69) is 46.1 Å². The van der Waals surface area contributed by atoms with Crippen LogP contribution in [0.3, 0.4) is 0 Å². The lowest BCUT2D eigenvalue weighted by Gasteiger charge is -2.32. The van der Waals surface area contributed by atoms with Gasteiger partial charge in [-0.2, -0.15) is 5.10 Å². The summed E-state index contributed by atoms with van der Waals surface area (Å²) in [6.07, 6.45) is 4.27. The van der Waals surface area contributed by atoms with Crippen LogP contribution in [0, 0.1) is 0 Å². The van der Waals surface area contributed by atoms with Crippen molar-refractivity contribution < 1.29 is 9.21 Å². The fourth-order valence-corrected chi connectivity index (χ4v) is 4.21. The molecule has 0 saturated heterocycles. The zero-order valence-corrected chi connectivity index (χ0v) is 19.0. The predicted octanol–water partition coefficient (Wildman–Crippen LogP) is 3.65. The number of carbonyl (C=O) groups is 1. The first-order chi connectivity index (χ1) is 15.2. The van der Waals surface area contributed by atoms with Crippen molar-refractivity contribution in [3.05, 3.63) is 65.1 Å². The fourth-order valence-electron chi connectivity index (χ4n) is 4.21. The van der Waals surface area contributed by atoms with Crippen molar-refractivity contribution in [3.8, 4) is 0 Å². The summed E-state index contributed by atoms with van der Waals surface area (Å²) in [4.78, 5) is 23.0. The maximum absolute atomic E-state index is 13.5. The molecule has 32 heavy (non-hydrogen) atoms. The minimum Gasteiger partial charge on any atom is -0.416 e. The Morgan fingerprint density at radius 3 is 2.81 bits per heavy atom. The molecule has 1 aliphatic rings. The number of rotatable bonds is 3. The second-order valence-electron chi connectivity index (χ2n) is 9.60. The molecule has 9 nitrogen and oxygen atoms in total. The Morgan fingerprint density at radius 2 is 2.09 bits per heavy atom. The Morgan fingerprint density at radius 1 is 1.28 bits per heavy atom. The number of H-pyrrole nitrogens is 1. The molecule has 4 aromatic rings. The van der Waals surface area contributed by atoms with Gasteiger partial charge in [0.15, 0.2) is 0 Å². The molecular formula is C23H27N7O2. The summed E-state index contributed by atoms with van der Waals surface area (Å²) < 4.78 is 7.63. The van der Waals surface area contributed by atoms with Crippen LogP contribution in [0.2, 0.25) is 0 Å². The largest absolute Gasteiger partial charge is 0.416 e. The second-order valence-corrected chi connectivity index (χ2v) is 9.60. The van der Waals surface area contributed by atoms with E-state index in [1.165, 1.54) is 5.56 Å². The van der Waals surface area contributed by atoms with E-state index in [-0.39, 0.29) is 17.2 Å². The van der Waals surface area contributed by atoms with E-state index >= 15 is 0 Å². The molecule has 0 unspecified atom stereocenters. The van der Waals surface area contributed by atoms with Gasteiger partial charge >= 0.3 is 11.8 Å². The predicted molar refractivity (Wildman–Crippen MR) is 117 cm³/mol. The van der Waals surface area contributed by atoms with Crippen molar-refractivity contribution in [2.45, 2.75) is 58.4 Å². The number of pyridine rings is 1. The van der Waals surface area contributed by atoms with Crippen LogP contribution in [0.1, 0.15) is 85.8 Å². The zero-order chi connectivity index (χ0) is 22.6. The number of amides is 1. The fraction of sp³-hybridized carbons (Fsp3) is 0.435. The average Bonchev–Trinajstić information content (AvgIpc) is 3.50. The maximum Gasteiger partial charge on any atom is 0.312 e. The van der Waals surface area contributed by atoms with Crippen molar-refractivity contribution in [2.75, 3.05) is 6.54 Å². The zero-order valence-electron chi connectivity index (χ0n) is 19.0. The Hall–Kier alpha value is -3.49. The van der Waals surface area contributed by atoms with E-state index in [9.17, 15) is 4.79 Å². The molecule has 5 heterocycles. The highest BCUT2D eigenvalue weighted by Gasteiger charge is 2.38. The first kappa shape index (κ1) is 20.4. The van der Waals surface area contributed by atoms with Crippen LogP contribution in [0.4, 0.5) is 0 Å². The topological polar surface area (TPSA) is 105 Å². The highest BCUT2D eigenvalue weighted by Crippen LogP contribution is 2.35. The summed E-state index contributed by atoms with van der Waals surface area (Å²) >= 11 is 0. The number of aromatic amines is 1. The number of nitrogens with zero attached hydrogens (tertiary/aromatic N) is 6. The van der Waals surface area contributed by atoms with Crippen molar-refractivity contribution in [1.29, 1.82) is 0 Å². The minimum atomic E-state index is -0.442. The Bertz CT molecular complexity index is 1290. The van der Waals surface area contributed by atoms with E-state index in [1.54, 1.807) is 11.2 Å². The number of hydrogen-bond donors (Lipinski definition) is 1. The van der Waals surface area contributed by atoms with E-state index in [1.807, 2.05) is 37.5 Å². The summed E-state index contributed by atoms with van der Waals surface area (Å²) in [5.74, 6) is 0.463. The molecule has 166 valence electrons. The van der Waals surface area contributed by atoms with E-state index in [0.717, 1.165) is 22.6 Å². The number of imidazole rings is 1. The van der Waals surface area contributed by atoms with Crippen LogP contribution in [0.25, 0.3) is 5.52 Å². The van der Waals surface area contributed by atoms with Crippen LogP contribution < -0.4 is 0 Å². The third kappa shape index (κ3) is 3.28. The number of fused-ring (bicyclic) bond motifs is 2. The van der Waals surface area contributed by atoms with Crippen LogP contribution in [0.5, 0.6) is 0 Å². The highest BCUT2D eigenvalue weighted by molar-refractivity contribution is 5.90. The molecule has 0 radical (unpaired) electrons. The summed E-state index contributed by atoms with van der Waals surface area (Å²) in [5.41, 5.74) is 4.47. The summed E-state index contributed by atoms with van der Waals surface area (Å²) in [6.45, 7) is 10.7. The summed E-state index contributed by atoms with van der Waals surface area (Å²) in [6, 6.07) is 5.72. The smallest absolute Gasteiger partial charge is 0.312 e. The standard InChI is InChI=1S/C23H27N7O2/c1-13(2)14-7-6-9-30-17(14)11-16(28-30)19-18-15(24-12-25-18)8-10-29(19)21(31)20-26-27-22(32-20)23(3,4)5/h6-7,9,11-13,19H,8,10H2,1-5H3,(H,24,25)/t19-/m0/s1. The van der Waals surface area contributed by atoms with Gasteiger partial charge in [0.1, 0.15) is 6.04 Å². The molecule has 1 amide bonds. The monoisotopic (exact) mass is 433 g/mol. The molecule has 0 fully saturated rings. The number of carbonyl (C=O) groups excluding carboxylic acids is 1. The van der Waals surface area contributed by atoms with Gasteiger partial charge in [0.2, 0.25) is 5.89 Å². The lowest BCUT2D eigenvalue weighted by Crippen LogP contribution is -2.41. The van der Waals surface area contributed by atoms with Crippen molar-refractivity contribution in [2.24, 2.45) is 0 Å². The molecule has 0 aromatic carbocycles. The molecule has 1 aliphatic heterocycles. The van der Waals surface area contributed by atoms with Gasteiger partial charge in [-0.25, -0.2) is 9.50 Å². The van der Waals surface area contributed by atoms with E-state index in [4.69, 9.17) is 9.52 Å². The van der Waals surface area contributed by atoms with Gasteiger partial charge < -0.3 is 14.3 Å². The van der Waals surface area contributed by atoms with Crippen molar-refractivity contribution in [1.82, 2.24) is 34.7 Å². The molecule has 0 saturated carbocycles.